The van der Waals surface area contributed by atoms with Crippen molar-refractivity contribution in [3.05, 3.63) is 29.3 Å². The fraction of sp³-hybridized carbons (Fsp3) is 0.667. The Morgan fingerprint density at radius 1 is 1.10 bits per heavy atom. The number of halogens is 1. The van der Waals surface area contributed by atoms with E-state index in [1.54, 1.807) is 0 Å². The Labute approximate surface area is 192 Å². The van der Waals surface area contributed by atoms with E-state index in [0.29, 0.717) is 18.4 Å². The summed E-state index contributed by atoms with van der Waals surface area (Å²) in [5.41, 5.74) is 3.85. The normalized spacial score (nSPS) is 24.1. The van der Waals surface area contributed by atoms with E-state index in [1.807, 2.05) is 4.90 Å². The van der Waals surface area contributed by atoms with Gasteiger partial charge in [-0.1, -0.05) is 6.07 Å². The molecule has 4 rings (SSSR count). The number of nitrogens with one attached hydrogen (secondary N) is 1. The van der Waals surface area contributed by atoms with E-state index in [1.165, 1.54) is 18.2 Å². The van der Waals surface area contributed by atoms with Gasteiger partial charge in [0, 0.05) is 31.2 Å². The monoisotopic (exact) mass is 449 g/mol. The van der Waals surface area contributed by atoms with Gasteiger partial charge in [0.15, 0.2) is 0 Å². The molecule has 3 aliphatic rings. The maximum atomic E-state index is 13.4. The summed E-state index contributed by atoms with van der Waals surface area (Å²) in [5.74, 6) is 0.463. The van der Waals surface area contributed by atoms with Crippen LogP contribution in [0.5, 0.6) is 0 Å². The van der Waals surface area contributed by atoms with Crippen LogP contribution in [0.15, 0.2) is 18.2 Å². The SMILES string of the molecule is COC(=O)CCC1CCC(N2CCCN(c3ccc4c(c3)CCNCC4)C2=O)CC1.Cl. The second kappa shape index (κ2) is 11.2. The second-order valence-electron chi connectivity index (χ2n) is 8.97. The van der Waals surface area contributed by atoms with Crippen molar-refractivity contribution in [2.24, 2.45) is 5.92 Å². The fourth-order valence-corrected chi connectivity index (χ4v) is 5.32. The van der Waals surface area contributed by atoms with Gasteiger partial charge in [0.1, 0.15) is 0 Å². The average molecular weight is 450 g/mol. The van der Waals surface area contributed by atoms with Gasteiger partial charge < -0.3 is 15.0 Å². The van der Waals surface area contributed by atoms with Crippen molar-refractivity contribution < 1.29 is 14.3 Å². The molecule has 0 bridgehead atoms. The van der Waals surface area contributed by atoms with Crippen molar-refractivity contribution in [2.75, 3.05) is 38.2 Å². The van der Waals surface area contributed by atoms with Gasteiger partial charge >= 0.3 is 12.0 Å². The van der Waals surface area contributed by atoms with Crippen molar-refractivity contribution in [3.63, 3.8) is 0 Å². The maximum Gasteiger partial charge on any atom is 0.324 e. The van der Waals surface area contributed by atoms with E-state index in [9.17, 15) is 9.59 Å². The van der Waals surface area contributed by atoms with E-state index in [-0.39, 0.29) is 24.4 Å². The van der Waals surface area contributed by atoms with Crippen LogP contribution in [-0.2, 0) is 22.4 Å². The lowest BCUT2D eigenvalue weighted by molar-refractivity contribution is -0.141. The molecule has 2 aliphatic heterocycles. The van der Waals surface area contributed by atoms with E-state index in [0.717, 1.165) is 83.2 Å². The number of methoxy groups -OCH3 is 1. The average Bonchev–Trinajstić information content (AvgIpc) is 3.03. The van der Waals surface area contributed by atoms with Gasteiger partial charge in [-0.25, -0.2) is 4.79 Å². The van der Waals surface area contributed by atoms with E-state index < -0.39 is 0 Å². The van der Waals surface area contributed by atoms with Gasteiger partial charge in [0.05, 0.1) is 7.11 Å². The first-order chi connectivity index (χ1) is 14.7. The van der Waals surface area contributed by atoms with Crippen LogP contribution < -0.4 is 10.2 Å². The lowest BCUT2D eigenvalue weighted by Crippen LogP contribution is -2.54. The van der Waals surface area contributed by atoms with Crippen molar-refractivity contribution in [2.45, 2.75) is 63.8 Å². The molecule has 1 aromatic rings. The zero-order chi connectivity index (χ0) is 20.9. The van der Waals surface area contributed by atoms with Gasteiger partial charge in [-0.3, -0.25) is 9.69 Å². The molecule has 1 saturated heterocycles. The number of rotatable bonds is 5. The van der Waals surface area contributed by atoms with Crippen LogP contribution in [0, 0.1) is 5.92 Å². The molecule has 2 amide bonds. The third kappa shape index (κ3) is 5.72. The molecule has 1 aliphatic carbocycles. The van der Waals surface area contributed by atoms with Gasteiger partial charge in [-0.05, 0) is 93.6 Å². The molecule has 1 saturated carbocycles. The highest BCUT2D eigenvalue weighted by Crippen LogP contribution is 2.33. The number of anilines is 1. The number of fused-ring (bicyclic) bond motifs is 1. The summed E-state index contributed by atoms with van der Waals surface area (Å²) in [7, 11) is 1.45. The number of hydrogen-bond donors (Lipinski definition) is 1. The number of ether oxygens (including phenoxy) is 1. The van der Waals surface area contributed by atoms with Gasteiger partial charge in [-0.15, -0.1) is 12.4 Å². The molecule has 0 spiro atoms. The van der Waals surface area contributed by atoms with Crippen molar-refractivity contribution in [1.82, 2.24) is 10.2 Å². The number of amides is 2. The first kappa shape index (κ1) is 23.9. The van der Waals surface area contributed by atoms with Crippen LogP contribution in [0.4, 0.5) is 10.5 Å². The second-order valence-corrected chi connectivity index (χ2v) is 8.97. The molecule has 0 unspecified atom stereocenters. The fourth-order valence-electron chi connectivity index (χ4n) is 5.32. The molecule has 1 N–H and O–H groups in total. The number of carbonyl (C=O) groups is 2. The van der Waals surface area contributed by atoms with Gasteiger partial charge in [0.2, 0.25) is 0 Å². The predicted octanol–water partition coefficient (Wildman–Crippen LogP) is 3.94. The zero-order valence-corrected chi connectivity index (χ0v) is 19.4. The standard InChI is InChI=1S/C24H35N3O3.ClH/c1-30-23(28)10-5-18-3-7-21(8-4-18)26-15-2-16-27(24(26)29)22-9-6-19-11-13-25-14-12-20(19)17-22;/h6,9,17-18,21,25H,2-5,7-8,10-16H2,1H3;1H. The first-order valence-corrected chi connectivity index (χ1v) is 11.6. The predicted molar refractivity (Wildman–Crippen MR) is 125 cm³/mol. The molecule has 0 atom stereocenters. The van der Waals surface area contributed by atoms with Crippen molar-refractivity contribution >= 4 is 30.1 Å². The lowest BCUT2D eigenvalue weighted by atomic mass is 9.82. The highest BCUT2D eigenvalue weighted by Gasteiger charge is 2.34. The Kier molecular flexibility index (Phi) is 8.61. The van der Waals surface area contributed by atoms with Crippen LogP contribution in [0.2, 0.25) is 0 Å². The Balaban J connectivity index is 0.00000272. The first-order valence-electron chi connectivity index (χ1n) is 11.6. The number of nitrogens with zero attached hydrogens (tertiary/aromatic N) is 2. The van der Waals surface area contributed by atoms with Crippen LogP contribution in [0.1, 0.15) is 56.1 Å². The number of esters is 1. The molecule has 1 aromatic carbocycles. The summed E-state index contributed by atoms with van der Waals surface area (Å²) in [4.78, 5) is 28.9. The minimum atomic E-state index is -0.115. The van der Waals surface area contributed by atoms with Crippen LogP contribution >= 0.6 is 12.4 Å². The van der Waals surface area contributed by atoms with E-state index in [2.05, 4.69) is 28.4 Å². The van der Waals surface area contributed by atoms with Crippen LogP contribution in [0.3, 0.4) is 0 Å². The molecular formula is C24H36ClN3O3. The zero-order valence-electron chi connectivity index (χ0n) is 18.6. The molecule has 0 aromatic heterocycles. The Morgan fingerprint density at radius 3 is 2.58 bits per heavy atom. The molecule has 6 nitrogen and oxygen atoms in total. The third-order valence-corrected chi connectivity index (χ3v) is 7.14. The molecule has 2 heterocycles. The number of benzene rings is 1. The minimum Gasteiger partial charge on any atom is -0.469 e. The smallest absolute Gasteiger partial charge is 0.324 e. The van der Waals surface area contributed by atoms with Crippen molar-refractivity contribution in [3.8, 4) is 0 Å². The molecule has 31 heavy (non-hydrogen) atoms. The molecule has 2 fully saturated rings. The maximum absolute atomic E-state index is 13.4. The van der Waals surface area contributed by atoms with Crippen LogP contribution in [0.25, 0.3) is 0 Å². The highest BCUT2D eigenvalue weighted by atomic mass is 35.5. The molecule has 172 valence electrons. The number of carbonyl (C=O) groups excluding carboxylic acids is 2. The van der Waals surface area contributed by atoms with Crippen LogP contribution in [-0.4, -0.2) is 56.2 Å². The van der Waals surface area contributed by atoms with E-state index in [4.69, 9.17) is 4.74 Å². The summed E-state index contributed by atoms with van der Waals surface area (Å²) in [6.07, 6.45) is 8.81. The Bertz CT molecular complexity index is 764. The summed E-state index contributed by atoms with van der Waals surface area (Å²) >= 11 is 0. The molecule has 0 radical (unpaired) electrons. The quantitative estimate of drug-likeness (QED) is 0.691. The topological polar surface area (TPSA) is 61.9 Å². The van der Waals surface area contributed by atoms with E-state index >= 15 is 0 Å². The third-order valence-electron chi connectivity index (χ3n) is 7.14. The summed E-state index contributed by atoms with van der Waals surface area (Å²) < 4.78 is 4.77. The Hall–Kier alpha value is -1.79. The molecular weight excluding hydrogens is 414 g/mol. The van der Waals surface area contributed by atoms with Gasteiger partial charge in [0.25, 0.3) is 0 Å². The summed E-state index contributed by atoms with van der Waals surface area (Å²) in [5, 5.41) is 3.46. The highest BCUT2D eigenvalue weighted by molar-refractivity contribution is 5.93. The largest absolute Gasteiger partial charge is 0.469 e. The van der Waals surface area contributed by atoms with Gasteiger partial charge in [-0.2, -0.15) is 0 Å². The Morgan fingerprint density at radius 2 is 1.84 bits per heavy atom. The number of urea groups is 1. The molecule has 7 heteroatoms. The summed E-state index contributed by atoms with van der Waals surface area (Å²) in [6.45, 7) is 3.71. The summed E-state index contributed by atoms with van der Waals surface area (Å²) in [6, 6.07) is 7.10. The number of hydrogen-bond acceptors (Lipinski definition) is 4. The van der Waals surface area contributed by atoms with Crippen molar-refractivity contribution in [1.29, 1.82) is 0 Å². The minimum absolute atomic E-state index is 0. The lowest BCUT2D eigenvalue weighted by Gasteiger charge is -2.42.